The smallest absolute Gasteiger partial charge is 0.223 e. The molecule has 1 aliphatic rings. The highest BCUT2D eigenvalue weighted by atomic mass is 35.5. The molecule has 0 bridgehead atoms. The van der Waals surface area contributed by atoms with E-state index in [-0.39, 0.29) is 36.2 Å². The minimum absolute atomic E-state index is 0. The molecule has 0 aromatic heterocycles. The second-order valence-electron chi connectivity index (χ2n) is 6.74. The lowest BCUT2D eigenvalue weighted by Crippen LogP contribution is -2.39. The van der Waals surface area contributed by atoms with E-state index in [1.165, 1.54) is 11.1 Å². The van der Waals surface area contributed by atoms with Crippen LogP contribution in [0.25, 0.3) is 0 Å². The van der Waals surface area contributed by atoms with Gasteiger partial charge in [0.15, 0.2) is 0 Å². The quantitative estimate of drug-likeness (QED) is 0.852. The molecule has 0 heterocycles. The predicted octanol–water partition coefficient (Wildman–Crippen LogP) is 3.87. The summed E-state index contributed by atoms with van der Waals surface area (Å²) in [6.07, 6.45) is 3.87. The van der Waals surface area contributed by atoms with Crippen molar-refractivity contribution in [2.45, 2.75) is 37.6 Å². The van der Waals surface area contributed by atoms with E-state index in [9.17, 15) is 4.79 Å². The van der Waals surface area contributed by atoms with E-state index >= 15 is 0 Å². The number of rotatable bonds is 5. The van der Waals surface area contributed by atoms with Crippen molar-refractivity contribution >= 4 is 18.3 Å². The zero-order valence-corrected chi connectivity index (χ0v) is 15.3. The van der Waals surface area contributed by atoms with Gasteiger partial charge in [-0.05, 0) is 30.4 Å². The van der Waals surface area contributed by atoms with Crippen LogP contribution in [-0.2, 0) is 4.79 Å². The first-order valence-electron chi connectivity index (χ1n) is 8.87. The van der Waals surface area contributed by atoms with Gasteiger partial charge in [0, 0.05) is 24.4 Å². The van der Waals surface area contributed by atoms with Gasteiger partial charge in [-0.3, -0.25) is 4.79 Å². The molecule has 2 unspecified atom stereocenters. The van der Waals surface area contributed by atoms with Crippen molar-refractivity contribution in [1.82, 2.24) is 5.32 Å². The average molecular weight is 359 g/mol. The molecule has 0 spiro atoms. The molecule has 1 amide bonds. The largest absolute Gasteiger partial charge is 0.355 e. The normalized spacial score (nSPS) is 19.9. The Kier molecular flexibility index (Phi) is 7.48. The van der Waals surface area contributed by atoms with Crippen molar-refractivity contribution < 1.29 is 4.79 Å². The third kappa shape index (κ3) is 5.32. The number of nitrogens with one attached hydrogen (secondary N) is 1. The number of hydrogen-bond donors (Lipinski definition) is 2. The molecule has 0 aliphatic heterocycles. The third-order valence-electron chi connectivity index (χ3n) is 4.97. The molecule has 2 atom stereocenters. The standard InChI is InChI=1S/C21H26N2O.ClH/c22-19-13-7-12-18(14-19)21(24)23-15-20(16-8-3-1-4-9-16)17-10-5-2-6-11-17;/h1-6,8-11,18-20H,7,12-15,22H2,(H,23,24);1H. The van der Waals surface area contributed by atoms with E-state index in [1.807, 2.05) is 36.4 Å². The van der Waals surface area contributed by atoms with Gasteiger partial charge in [-0.15, -0.1) is 12.4 Å². The summed E-state index contributed by atoms with van der Waals surface area (Å²) in [5.74, 6) is 0.400. The van der Waals surface area contributed by atoms with Gasteiger partial charge in [0.2, 0.25) is 5.91 Å². The Morgan fingerprint density at radius 1 is 1.00 bits per heavy atom. The fraction of sp³-hybridized carbons (Fsp3) is 0.381. The maximum atomic E-state index is 12.5. The molecular formula is C21H27ClN2O. The zero-order chi connectivity index (χ0) is 16.8. The van der Waals surface area contributed by atoms with Crippen LogP contribution in [0.5, 0.6) is 0 Å². The molecule has 0 saturated heterocycles. The van der Waals surface area contributed by atoms with Crippen LogP contribution in [-0.4, -0.2) is 18.5 Å². The van der Waals surface area contributed by atoms with Crippen LogP contribution in [0.3, 0.4) is 0 Å². The summed E-state index contributed by atoms with van der Waals surface area (Å²) in [5, 5.41) is 3.18. The van der Waals surface area contributed by atoms with Crippen molar-refractivity contribution in [3.63, 3.8) is 0 Å². The molecule has 1 saturated carbocycles. The van der Waals surface area contributed by atoms with E-state index in [2.05, 4.69) is 29.6 Å². The highest BCUT2D eigenvalue weighted by Gasteiger charge is 2.26. The predicted molar refractivity (Wildman–Crippen MR) is 105 cm³/mol. The van der Waals surface area contributed by atoms with E-state index in [4.69, 9.17) is 5.73 Å². The van der Waals surface area contributed by atoms with Crippen molar-refractivity contribution in [1.29, 1.82) is 0 Å². The van der Waals surface area contributed by atoms with Gasteiger partial charge in [-0.2, -0.15) is 0 Å². The van der Waals surface area contributed by atoms with Crippen LogP contribution < -0.4 is 11.1 Å². The minimum atomic E-state index is 0. The molecule has 3 rings (SSSR count). The van der Waals surface area contributed by atoms with Gasteiger partial charge >= 0.3 is 0 Å². The molecule has 3 N–H and O–H groups in total. The summed E-state index contributed by atoms with van der Waals surface area (Å²) in [6, 6.07) is 20.9. The number of halogens is 1. The van der Waals surface area contributed by atoms with Crippen molar-refractivity contribution in [2.75, 3.05) is 6.54 Å². The first kappa shape index (κ1) is 19.5. The van der Waals surface area contributed by atoms with Gasteiger partial charge in [0.1, 0.15) is 0 Å². The number of nitrogens with two attached hydrogens (primary N) is 1. The van der Waals surface area contributed by atoms with Crippen LogP contribution >= 0.6 is 12.4 Å². The number of hydrogen-bond acceptors (Lipinski definition) is 2. The minimum Gasteiger partial charge on any atom is -0.355 e. The molecule has 4 heteroatoms. The second-order valence-corrected chi connectivity index (χ2v) is 6.74. The molecular weight excluding hydrogens is 332 g/mol. The fourth-order valence-electron chi connectivity index (χ4n) is 3.61. The van der Waals surface area contributed by atoms with E-state index < -0.39 is 0 Å². The SMILES string of the molecule is Cl.NC1CCCC(C(=O)NCC(c2ccccc2)c2ccccc2)C1. The lowest BCUT2D eigenvalue weighted by Gasteiger charge is -2.27. The van der Waals surface area contributed by atoms with Gasteiger partial charge in [0.05, 0.1) is 0 Å². The number of carbonyl (C=O) groups excluding carboxylic acids is 1. The molecule has 25 heavy (non-hydrogen) atoms. The summed E-state index contributed by atoms with van der Waals surface area (Å²) in [4.78, 5) is 12.5. The van der Waals surface area contributed by atoms with Crippen LogP contribution in [0.15, 0.2) is 60.7 Å². The molecule has 0 radical (unpaired) electrons. The van der Waals surface area contributed by atoms with Crippen LogP contribution in [0.1, 0.15) is 42.7 Å². The molecule has 1 aliphatic carbocycles. The second kappa shape index (κ2) is 9.59. The number of carbonyl (C=O) groups is 1. The lowest BCUT2D eigenvalue weighted by molar-refractivity contribution is -0.126. The number of benzene rings is 2. The zero-order valence-electron chi connectivity index (χ0n) is 14.4. The summed E-state index contributed by atoms with van der Waals surface area (Å²) in [7, 11) is 0. The molecule has 3 nitrogen and oxygen atoms in total. The highest BCUT2D eigenvalue weighted by molar-refractivity contribution is 5.85. The number of amides is 1. The van der Waals surface area contributed by atoms with Crippen LogP contribution in [0, 0.1) is 5.92 Å². The first-order chi connectivity index (χ1) is 11.7. The van der Waals surface area contributed by atoms with Crippen molar-refractivity contribution in [2.24, 2.45) is 11.7 Å². The summed E-state index contributed by atoms with van der Waals surface area (Å²) in [6.45, 7) is 0.624. The van der Waals surface area contributed by atoms with Crippen LogP contribution in [0.4, 0.5) is 0 Å². The maximum Gasteiger partial charge on any atom is 0.223 e. The summed E-state index contributed by atoms with van der Waals surface area (Å²) < 4.78 is 0. The van der Waals surface area contributed by atoms with Gasteiger partial charge in [-0.1, -0.05) is 67.1 Å². The summed E-state index contributed by atoms with van der Waals surface area (Å²) >= 11 is 0. The monoisotopic (exact) mass is 358 g/mol. The Bertz CT molecular complexity index is 608. The third-order valence-corrected chi connectivity index (χ3v) is 4.97. The van der Waals surface area contributed by atoms with Gasteiger partial charge in [0.25, 0.3) is 0 Å². The van der Waals surface area contributed by atoms with Crippen molar-refractivity contribution in [3.05, 3.63) is 71.8 Å². The van der Waals surface area contributed by atoms with Gasteiger partial charge in [-0.25, -0.2) is 0 Å². The first-order valence-corrected chi connectivity index (χ1v) is 8.87. The molecule has 2 aromatic rings. The average Bonchev–Trinajstić information content (AvgIpc) is 2.63. The Labute approximate surface area is 156 Å². The Morgan fingerprint density at radius 3 is 2.08 bits per heavy atom. The Morgan fingerprint density at radius 2 is 1.56 bits per heavy atom. The van der Waals surface area contributed by atoms with E-state index in [1.54, 1.807) is 0 Å². The fourth-order valence-corrected chi connectivity index (χ4v) is 3.61. The lowest BCUT2D eigenvalue weighted by atomic mass is 9.85. The summed E-state index contributed by atoms with van der Waals surface area (Å²) in [5.41, 5.74) is 8.47. The van der Waals surface area contributed by atoms with Gasteiger partial charge < -0.3 is 11.1 Å². The maximum absolute atomic E-state index is 12.5. The Hall–Kier alpha value is -1.84. The molecule has 134 valence electrons. The molecule has 2 aromatic carbocycles. The van der Waals surface area contributed by atoms with E-state index in [0.29, 0.717) is 6.54 Å². The molecule has 1 fully saturated rings. The topological polar surface area (TPSA) is 55.1 Å². The highest BCUT2D eigenvalue weighted by Crippen LogP contribution is 2.26. The Balaban J connectivity index is 0.00000225. The van der Waals surface area contributed by atoms with E-state index in [0.717, 1.165) is 25.7 Å². The van der Waals surface area contributed by atoms with Crippen LogP contribution in [0.2, 0.25) is 0 Å². The van der Waals surface area contributed by atoms with Crippen molar-refractivity contribution in [3.8, 4) is 0 Å².